The van der Waals surface area contributed by atoms with Crippen LogP contribution in [-0.4, -0.2) is 26.1 Å². The molecule has 0 radical (unpaired) electrons. The Morgan fingerprint density at radius 1 is 1.11 bits per heavy atom. The van der Waals surface area contributed by atoms with Crippen LogP contribution in [0.4, 0.5) is 0 Å². The van der Waals surface area contributed by atoms with Gasteiger partial charge in [-0.2, -0.15) is 5.26 Å². The summed E-state index contributed by atoms with van der Waals surface area (Å²) in [5.74, 6) is 0.799. The molecule has 19 heavy (non-hydrogen) atoms. The van der Waals surface area contributed by atoms with Gasteiger partial charge in [-0.15, -0.1) is 0 Å². The van der Waals surface area contributed by atoms with E-state index in [1.54, 1.807) is 0 Å². The summed E-state index contributed by atoms with van der Waals surface area (Å²) in [6, 6.07) is 9.68. The quantitative estimate of drug-likeness (QED) is 0.643. The first-order chi connectivity index (χ1) is 9.30. The van der Waals surface area contributed by atoms with Crippen LogP contribution in [0.15, 0.2) is 24.3 Å². The summed E-state index contributed by atoms with van der Waals surface area (Å²) < 4.78 is 16.5. The molecular weight excluding hydrogens is 242 g/mol. The fourth-order valence-corrected chi connectivity index (χ4v) is 1.65. The molecule has 4 heteroatoms. The van der Waals surface area contributed by atoms with Gasteiger partial charge in [0.1, 0.15) is 5.75 Å². The molecule has 0 saturated carbocycles. The lowest BCUT2D eigenvalue weighted by Crippen LogP contribution is -2.20. The zero-order valence-electron chi connectivity index (χ0n) is 11.6. The first kappa shape index (κ1) is 15.5. The minimum atomic E-state index is -0.201. The molecule has 0 bridgehead atoms. The standard InChI is InChI=1S/C15H21NO3/c1-3-17-15(18-4-2)10-12-19-14-7-5-13(6-8-14)9-11-16/h5-8,15H,3-4,9-10,12H2,1-2H3. The number of nitrogens with zero attached hydrogens (tertiary/aromatic N) is 1. The summed E-state index contributed by atoms with van der Waals surface area (Å²) in [6.07, 6.45) is 0.923. The molecule has 0 atom stereocenters. The molecule has 0 aromatic heterocycles. The summed E-state index contributed by atoms with van der Waals surface area (Å²) >= 11 is 0. The van der Waals surface area contributed by atoms with E-state index in [0.29, 0.717) is 32.7 Å². The Morgan fingerprint density at radius 3 is 2.26 bits per heavy atom. The Balaban J connectivity index is 2.33. The molecule has 0 spiro atoms. The largest absolute Gasteiger partial charge is 0.493 e. The molecule has 0 N–H and O–H groups in total. The fourth-order valence-electron chi connectivity index (χ4n) is 1.65. The van der Waals surface area contributed by atoms with Crippen molar-refractivity contribution in [2.24, 2.45) is 0 Å². The molecule has 0 saturated heterocycles. The van der Waals surface area contributed by atoms with Gasteiger partial charge in [-0.25, -0.2) is 0 Å². The minimum absolute atomic E-state index is 0.201. The van der Waals surface area contributed by atoms with Gasteiger partial charge in [0.05, 0.1) is 19.1 Å². The second kappa shape index (κ2) is 9.37. The van der Waals surface area contributed by atoms with Crippen molar-refractivity contribution in [2.75, 3.05) is 19.8 Å². The number of hydrogen-bond acceptors (Lipinski definition) is 4. The number of ether oxygens (including phenoxy) is 3. The summed E-state index contributed by atoms with van der Waals surface area (Å²) in [6.45, 7) is 5.70. The van der Waals surface area contributed by atoms with Crippen molar-refractivity contribution in [3.63, 3.8) is 0 Å². The normalized spacial score (nSPS) is 10.4. The van der Waals surface area contributed by atoms with E-state index >= 15 is 0 Å². The van der Waals surface area contributed by atoms with Gasteiger partial charge in [0.2, 0.25) is 0 Å². The number of hydrogen-bond donors (Lipinski definition) is 0. The molecule has 1 aromatic rings. The van der Waals surface area contributed by atoms with E-state index in [2.05, 4.69) is 6.07 Å². The molecule has 0 heterocycles. The molecule has 104 valence electrons. The second-order valence-corrected chi connectivity index (χ2v) is 3.96. The average molecular weight is 263 g/mol. The Morgan fingerprint density at radius 2 is 1.74 bits per heavy atom. The fraction of sp³-hybridized carbons (Fsp3) is 0.533. The van der Waals surface area contributed by atoms with E-state index in [1.165, 1.54) is 0 Å². The van der Waals surface area contributed by atoms with Crippen LogP contribution in [0, 0.1) is 11.3 Å². The van der Waals surface area contributed by atoms with E-state index in [1.807, 2.05) is 38.1 Å². The molecule has 1 rings (SSSR count). The number of rotatable bonds is 9. The van der Waals surface area contributed by atoms with Crippen LogP contribution in [0.5, 0.6) is 5.75 Å². The smallest absolute Gasteiger partial charge is 0.160 e. The summed E-state index contributed by atoms with van der Waals surface area (Å²) in [4.78, 5) is 0. The second-order valence-electron chi connectivity index (χ2n) is 3.96. The lowest BCUT2D eigenvalue weighted by Gasteiger charge is -2.17. The summed E-state index contributed by atoms with van der Waals surface area (Å²) in [5, 5.41) is 8.58. The maximum absolute atomic E-state index is 8.58. The van der Waals surface area contributed by atoms with Gasteiger partial charge in [0.25, 0.3) is 0 Å². The molecule has 0 aliphatic carbocycles. The number of benzene rings is 1. The zero-order chi connectivity index (χ0) is 13.9. The van der Waals surface area contributed by atoms with Crippen molar-refractivity contribution in [2.45, 2.75) is 33.0 Å². The van der Waals surface area contributed by atoms with Crippen molar-refractivity contribution in [1.82, 2.24) is 0 Å². The lowest BCUT2D eigenvalue weighted by molar-refractivity contribution is -0.142. The highest BCUT2D eigenvalue weighted by Gasteiger charge is 2.07. The monoisotopic (exact) mass is 263 g/mol. The van der Waals surface area contributed by atoms with Gasteiger partial charge in [-0.3, -0.25) is 0 Å². The van der Waals surface area contributed by atoms with Crippen LogP contribution in [0.1, 0.15) is 25.8 Å². The molecule has 0 aliphatic heterocycles. The van der Waals surface area contributed by atoms with Crippen LogP contribution in [-0.2, 0) is 15.9 Å². The van der Waals surface area contributed by atoms with E-state index < -0.39 is 0 Å². The van der Waals surface area contributed by atoms with E-state index in [4.69, 9.17) is 19.5 Å². The highest BCUT2D eigenvalue weighted by atomic mass is 16.7. The van der Waals surface area contributed by atoms with Crippen LogP contribution >= 0.6 is 0 Å². The Kier molecular flexibility index (Phi) is 7.64. The molecule has 0 amide bonds. The predicted octanol–water partition coefficient (Wildman–Crippen LogP) is 2.92. The molecule has 1 aromatic carbocycles. The summed E-state index contributed by atoms with van der Waals surface area (Å²) in [5.41, 5.74) is 0.997. The SMILES string of the molecule is CCOC(CCOc1ccc(CC#N)cc1)OCC. The van der Waals surface area contributed by atoms with E-state index in [-0.39, 0.29) is 6.29 Å². The van der Waals surface area contributed by atoms with Crippen LogP contribution < -0.4 is 4.74 Å². The predicted molar refractivity (Wildman–Crippen MR) is 72.9 cm³/mol. The van der Waals surface area contributed by atoms with E-state index in [9.17, 15) is 0 Å². The topological polar surface area (TPSA) is 51.5 Å². The molecule has 4 nitrogen and oxygen atoms in total. The van der Waals surface area contributed by atoms with Gasteiger partial charge in [-0.1, -0.05) is 12.1 Å². The minimum Gasteiger partial charge on any atom is -0.493 e. The van der Waals surface area contributed by atoms with Crippen LogP contribution in [0.2, 0.25) is 0 Å². The van der Waals surface area contributed by atoms with Crippen molar-refractivity contribution in [3.8, 4) is 11.8 Å². The Bertz CT molecular complexity index is 377. The van der Waals surface area contributed by atoms with Gasteiger partial charge < -0.3 is 14.2 Å². The highest BCUT2D eigenvalue weighted by molar-refractivity contribution is 5.28. The first-order valence-electron chi connectivity index (χ1n) is 6.62. The third kappa shape index (κ3) is 6.23. The maximum Gasteiger partial charge on any atom is 0.160 e. The Hall–Kier alpha value is -1.57. The van der Waals surface area contributed by atoms with Gasteiger partial charge in [-0.05, 0) is 31.5 Å². The maximum atomic E-state index is 8.58. The van der Waals surface area contributed by atoms with Crippen LogP contribution in [0.3, 0.4) is 0 Å². The highest BCUT2D eigenvalue weighted by Crippen LogP contribution is 2.13. The lowest BCUT2D eigenvalue weighted by atomic mass is 10.2. The van der Waals surface area contributed by atoms with Gasteiger partial charge in [0.15, 0.2) is 6.29 Å². The zero-order valence-corrected chi connectivity index (χ0v) is 11.6. The molecule has 0 aliphatic rings. The average Bonchev–Trinajstić information content (AvgIpc) is 2.41. The van der Waals surface area contributed by atoms with Crippen molar-refractivity contribution >= 4 is 0 Å². The molecule has 0 fully saturated rings. The Labute approximate surface area is 114 Å². The van der Waals surface area contributed by atoms with Crippen molar-refractivity contribution in [1.29, 1.82) is 5.26 Å². The van der Waals surface area contributed by atoms with Crippen molar-refractivity contribution in [3.05, 3.63) is 29.8 Å². The molecule has 0 unspecified atom stereocenters. The number of nitriles is 1. The van der Waals surface area contributed by atoms with Crippen LogP contribution in [0.25, 0.3) is 0 Å². The summed E-state index contributed by atoms with van der Waals surface area (Å²) in [7, 11) is 0. The van der Waals surface area contributed by atoms with E-state index in [0.717, 1.165) is 11.3 Å². The van der Waals surface area contributed by atoms with Gasteiger partial charge in [0, 0.05) is 19.6 Å². The van der Waals surface area contributed by atoms with Gasteiger partial charge >= 0.3 is 0 Å². The molecular formula is C15H21NO3. The first-order valence-corrected chi connectivity index (χ1v) is 6.62. The third-order valence-electron chi connectivity index (χ3n) is 2.53. The van der Waals surface area contributed by atoms with Crippen molar-refractivity contribution < 1.29 is 14.2 Å². The third-order valence-corrected chi connectivity index (χ3v) is 2.53.